The molecule has 1 aromatic heterocycles. The summed E-state index contributed by atoms with van der Waals surface area (Å²) in [5.74, 6) is 1.91. The van der Waals surface area contributed by atoms with Gasteiger partial charge in [0.1, 0.15) is 11.5 Å². The number of hydrogen-bond acceptors (Lipinski definition) is 5. The van der Waals surface area contributed by atoms with Crippen molar-refractivity contribution >= 4 is 23.4 Å². The Morgan fingerprint density at radius 3 is 2.89 bits per heavy atom. The van der Waals surface area contributed by atoms with E-state index >= 15 is 0 Å². The molecule has 0 aliphatic heterocycles. The molecule has 0 aliphatic carbocycles. The highest BCUT2D eigenvalue weighted by atomic mass is 32.2. The van der Waals surface area contributed by atoms with Crippen LogP contribution in [0.4, 0.5) is 5.82 Å². The highest BCUT2D eigenvalue weighted by molar-refractivity contribution is 7.98. The molecule has 100 valence electrons. The molecule has 0 saturated carbocycles. The first-order valence-corrected chi connectivity index (χ1v) is 7.20. The van der Waals surface area contributed by atoms with Gasteiger partial charge in [-0.1, -0.05) is 18.1 Å². The Bertz CT molecular complexity index is 411. The minimum Gasteiger partial charge on any atom is -0.409 e. The lowest BCUT2D eigenvalue weighted by Gasteiger charge is -2.28. The van der Waals surface area contributed by atoms with E-state index in [1.54, 1.807) is 6.07 Å². The van der Waals surface area contributed by atoms with Crippen molar-refractivity contribution in [2.24, 2.45) is 10.9 Å². The lowest BCUT2D eigenvalue weighted by Crippen LogP contribution is -2.34. The van der Waals surface area contributed by atoms with Crippen molar-refractivity contribution in [3.63, 3.8) is 0 Å². The van der Waals surface area contributed by atoms with E-state index in [0.717, 1.165) is 18.0 Å². The van der Waals surface area contributed by atoms with Crippen LogP contribution in [-0.4, -0.2) is 41.1 Å². The number of rotatable bonds is 6. The van der Waals surface area contributed by atoms with Gasteiger partial charge in [0.25, 0.3) is 0 Å². The lowest BCUT2D eigenvalue weighted by molar-refractivity contribution is 0.318. The summed E-state index contributed by atoms with van der Waals surface area (Å²) in [5.41, 5.74) is 6.03. The van der Waals surface area contributed by atoms with Crippen LogP contribution in [0, 0.1) is 0 Å². The van der Waals surface area contributed by atoms with Crippen molar-refractivity contribution in [1.82, 2.24) is 4.98 Å². The number of amidine groups is 1. The normalized spacial score (nSPS) is 13.4. The highest BCUT2D eigenvalue weighted by Gasteiger charge is 2.14. The number of oxime groups is 1. The first-order valence-electron chi connectivity index (χ1n) is 5.80. The average Bonchev–Trinajstić information content (AvgIpc) is 2.43. The molecule has 0 aliphatic rings. The van der Waals surface area contributed by atoms with Crippen LogP contribution in [0.2, 0.25) is 0 Å². The molecule has 0 amide bonds. The zero-order chi connectivity index (χ0) is 13.5. The van der Waals surface area contributed by atoms with Crippen molar-refractivity contribution in [3.05, 3.63) is 23.9 Å². The van der Waals surface area contributed by atoms with Gasteiger partial charge in [0, 0.05) is 18.8 Å². The third-order valence-corrected chi connectivity index (χ3v) is 3.56. The van der Waals surface area contributed by atoms with E-state index in [1.165, 1.54) is 0 Å². The van der Waals surface area contributed by atoms with Gasteiger partial charge in [0.15, 0.2) is 5.84 Å². The van der Waals surface area contributed by atoms with Crippen molar-refractivity contribution in [3.8, 4) is 0 Å². The summed E-state index contributed by atoms with van der Waals surface area (Å²) < 4.78 is 0. The Morgan fingerprint density at radius 2 is 2.33 bits per heavy atom. The van der Waals surface area contributed by atoms with Crippen LogP contribution in [0.25, 0.3) is 0 Å². The van der Waals surface area contributed by atoms with Crippen molar-refractivity contribution in [2.45, 2.75) is 19.4 Å². The first kappa shape index (κ1) is 14.6. The smallest absolute Gasteiger partial charge is 0.188 e. The average molecular weight is 268 g/mol. The molecule has 5 nitrogen and oxygen atoms in total. The maximum absolute atomic E-state index is 8.66. The zero-order valence-corrected chi connectivity index (χ0v) is 11.8. The summed E-state index contributed by atoms with van der Waals surface area (Å²) >= 11 is 1.81. The monoisotopic (exact) mass is 268 g/mol. The largest absolute Gasteiger partial charge is 0.409 e. The van der Waals surface area contributed by atoms with Gasteiger partial charge in [-0.05, 0) is 24.8 Å². The molecule has 0 fully saturated rings. The van der Waals surface area contributed by atoms with Gasteiger partial charge < -0.3 is 15.8 Å². The van der Waals surface area contributed by atoms with E-state index in [0.29, 0.717) is 11.7 Å². The number of thioether (sulfide) groups is 1. The van der Waals surface area contributed by atoms with Crippen molar-refractivity contribution in [2.75, 3.05) is 24.0 Å². The maximum Gasteiger partial charge on any atom is 0.188 e. The summed E-state index contributed by atoms with van der Waals surface area (Å²) in [6.07, 6.45) is 3.14. The van der Waals surface area contributed by atoms with Crippen LogP contribution in [0.1, 0.15) is 19.0 Å². The second kappa shape index (κ2) is 7.10. The summed E-state index contributed by atoms with van der Waals surface area (Å²) in [6, 6.07) is 5.94. The molecule has 18 heavy (non-hydrogen) atoms. The Hall–Kier alpha value is -1.43. The molecular formula is C12H20N4OS. The number of pyridine rings is 1. The predicted octanol–water partition coefficient (Wildman–Crippen LogP) is 1.75. The Labute approximate surface area is 112 Å². The molecule has 1 aromatic rings. The minimum atomic E-state index is 0.0307. The molecule has 6 heteroatoms. The van der Waals surface area contributed by atoms with Gasteiger partial charge in [-0.25, -0.2) is 4.98 Å². The molecule has 0 spiro atoms. The van der Waals surface area contributed by atoms with E-state index in [9.17, 15) is 0 Å². The highest BCUT2D eigenvalue weighted by Crippen LogP contribution is 2.17. The van der Waals surface area contributed by atoms with E-state index in [2.05, 4.69) is 28.2 Å². The van der Waals surface area contributed by atoms with Crippen molar-refractivity contribution in [1.29, 1.82) is 0 Å². The van der Waals surface area contributed by atoms with Crippen LogP contribution in [0.3, 0.4) is 0 Å². The van der Waals surface area contributed by atoms with Crippen LogP contribution < -0.4 is 10.6 Å². The second-order valence-corrected chi connectivity index (χ2v) is 4.91. The van der Waals surface area contributed by atoms with Crippen LogP contribution in [0.5, 0.6) is 0 Å². The van der Waals surface area contributed by atoms with Crippen LogP contribution in [0.15, 0.2) is 23.4 Å². The lowest BCUT2D eigenvalue weighted by atomic mass is 10.2. The Morgan fingerprint density at radius 1 is 1.61 bits per heavy atom. The fraction of sp³-hybridized carbons (Fsp3) is 0.500. The third kappa shape index (κ3) is 3.53. The van der Waals surface area contributed by atoms with Gasteiger partial charge >= 0.3 is 0 Å². The summed E-state index contributed by atoms with van der Waals surface area (Å²) in [6.45, 7) is 2.16. The molecule has 3 N–H and O–H groups in total. The molecular weight excluding hydrogens is 248 g/mol. The quantitative estimate of drug-likeness (QED) is 0.356. The second-order valence-electron chi connectivity index (χ2n) is 3.99. The zero-order valence-electron chi connectivity index (χ0n) is 11.0. The summed E-state index contributed by atoms with van der Waals surface area (Å²) in [4.78, 5) is 6.53. The van der Waals surface area contributed by atoms with E-state index in [-0.39, 0.29) is 5.84 Å². The van der Waals surface area contributed by atoms with E-state index in [4.69, 9.17) is 10.9 Å². The molecule has 1 rings (SSSR count). The number of anilines is 1. The first-order chi connectivity index (χ1) is 8.63. The number of aromatic nitrogens is 1. The van der Waals surface area contributed by atoms with Crippen molar-refractivity contribution < 1.29 is 5.21 Å². The molecule has 1 heterocycles. The Balaban J connectivity index is 2.95. The molecule has 0 radical (unpaired) electrons. The Kier molecular flexibility index (Phi) is 5.77. The van der Waals surface area contributed by atoms with E-state index < -0.39 is 0 Å². The predicted molar refractivity (Wildman–Crippen MR) is 77.6 cm³/mol. The summed E-state index contributed by atoms with van der Waals surface area (Å²) in [5, 5.41) is 11.6. The van der Waals surface area contributed by atoms with Crippen LogP contribution >= 0.6 is 11.8 Å². The van der Waals surface area contributed by atoms with E-state index in [1.807, 2.05) is 30.9 Å². The number of nitrogens with zero attached hydrogens (tertiary/aromatic N) is 3. The SMILES string of the molecule is CCC(CSC)N(C)c1cccc(/C(N)=N/O)n1. The number of hydrogen-bond donors (Lipinski definition) is 2. The minimum absolute atomic E-state index is 0.0307. The maximum atomic E-state index is 8.66. The van der Waals surface area contributed by atoms with Gasteiger partial charge in [-0.2, -0.15) is 11.8 Å². The van der Waals surface area contributed by atoms with Gasteiger partial charge in [-0.15, -0.1) is 0 Å². The topological polar surface area (TPSA) is 74.7 Å². The number of nitrogens with two attached hydrogens (primary N) is 1. The third-order valence-electron chi connectivity index (χ3n) is 2.84. The fourth-order valence-corrected chi connectivity index (χ4v) is 2.54. The molecule has 0 bridgehead atoms. The molecule has 0 aromatic carbocycles. The van der Waals surface area contributed by atoms with Gasteiger partial charge in [0.05, 0.1) is 0 Å². The fourth-order valence-electron chi connectivity index (χ4n) is 1.70. The van der Waals surface area contributed by atoms with Crippen LogP contribution in [-0.2, 0) is 0 Å². The molecule has 0 saturated heterocycles. The summed E-state index contributed by atoms with van der Waals surface area (Å²) in [7, 11) is 2.02. The van der Waals surface area contributed by atoms with Gasteiger partial charge in [0.2, 0.25) is 0 Å². The molecule has 1 atom stereocenters. The molecule has 1 unspecified atom stereocenters. The van der Waals surface area contributed by atoms with Gasteiger partial charge in [-0.3, -0.25) is 0 Å². The standard InChI is InChI=1S/C12H20N4OS/c1-4-9(8-18-3)16(2)11-7-5-6-10(14-11)12(13)15-17/h5-7,9,17H,4,8H2,1-3H3,(H2,13,15).